The zero-order valence-electron chi connectivity index (χ0n) is 16.8. The van der Waals surface area contributed by atoms with Crippen LogP contribution in [0.2, 0.25) is 0 Å². The van der Waals surface area contributed by atoms with Crippen molar-refractivity contribution in [2.45, 2.75) is 30.5 Å². The van der Waals surface area contributed by atoms with E-state index in [0.29, 0.717) is 6.07 Å². The minimum absolute atomic E-state index is 0. The third-order valence-corrected chi connectivity index (χ3v) is 5.67. The Bertz CT molecular complexity index is 1160. The number of carboxylic acid groups (broad SMARTS) is 1. The average Bonchev–Trinajstić information content (AvgIpc) is 2.75. The van der Waals surface area contributed by atoms with Gasteiger partial charge in [-0.25, -0.2) is 4.79 Å². The fourth-order valence-corrected chi connectivity index (χ4v) is 4.08. The molecule has 1 saturated heterocycles. The second-order valence-corrected chi connectivity index (χ2v) is 7.51. The van der Waals surface area contributed by atoms with Crippen LogP contribution in [0.5, 0.6) is 11.5 Å². The maximum absolute atomic E-state index is 13.3. The maximum Gasteiger partial charge on any atom is 2.00 e. The molecule has 2 aromatic carbocycles. The predicted octanol–water partition coefficient (Wildman–Crippen LogP) is -2.56. The number of carbonyl (C=O) groups excluding carboxylic acids is 2. The minimum Gasteiger partial charge on any atom is -0.872 e. The van der Waals surface area contributed by atoms with Crippen LogP contribution in [0.15, 0.2) is 24.3 Å². The Labute approximate surface area is 215 Å². The first-order valence-corrected chi connectivity index (χ1v) is 9.40. The van der Waals surface area contributed by atoms with Crippen molar-refractivity contribution in [2.24, 2.45) is 0 Å². The molecule has 4 rings (SSSR count). The van der Waals surface area contributed by atoms with Crippen LogP contribution < -0.4 is 10.2 Å². The summed E-state index contributed by atoms with van der Waals surface area (Å²) in [6.07, 6.45) is -8.14. The first kappa shape index (κ1) is 25.5. The molecule has 0 bridgehead atoms. The van der Waals surface area contributed by atoms with Crippen molar-refractivity contribution in [3.05, 3.63) is 57.6 Å². The van der Waals surface area contributed by atoms with Gasteiger partial charge >= 0.3 is 43.7 Å². The van der Waals surface area contributed by atoms with Crippen LogP contribution in [0.3, 0.4) is 0 Å². The van der Waals surface area contributed by atoms with Gasteiger partial charge < -0.3 is 40.5 Å². The van der Waals surface area contributed by atoms with Gasteiger partial charge in [0.05, 0.1) is 12.2 Å². The Hall–Kier alpha value is -2.09. The SMILES string of the molecule is O=C(O)c1cc([O-])c2c(c1)C(=O)c1c([C@H]3O[C@H](CO)[C@@H](O)[C@@H](O)[C@H]3O)ccc([O-])c1C2=O.[Ca+2]. The quantitative estimate of drug-likeness (QED) is 0.244. The van der Waals surface area contributed by atoms with Crippen molar-refractivity contribution >= 4 is 55.3 Å². The number of aliphatic hydroxyl groups is 4. The number of carboxylic acids is 1. The summed E-state index contributed by atoms with van der Waals surface area (Å²) in [6, 6.07) is 3.52. The number of ether oxygens (including phenoxy) is 1. The van der Waals surface area contributed by atoms with E-state index in [1.54, 1.807) is 0 Å². The number of ketones is 2. The van der Waals surface area contributed by atoms with Crippen LogP contribution in [0.4, 0.5) is 0 Å². The van der Waals surface area contributed by atoms with E-state index in [1.165, 1.54) is 0 Å². The molecule has 2 aromatic rings. The first-order valence-electron chi connectivity index (χ1n) is 9.40. The van der Waals surface area contributed by atoms with Gasteiger partial charge in [-0.1, -0.05) is 29.7 Å². The standard InChI is InChI=1S/C21H18O11.Ca/c22-5-11-16(26)18(28)19(29)20(32-11)7-1-2-9(23)14-13(7)15(25)8-3-6(21(30)31)4-10(24)12(8)17(14)27;/h1-4,11,16,18-20,22-24,26,28-29H,5H2,(H,30,31);/q;+2/p-2/t11-,16-,18-,19-,20-;/m1./s1. The van der Waals surface area contributed by atoms with Gasteiger partial charge in [0.25, 0.3) is 0 Å². The zero-order valence-corrected chi connectivity index (χ0v) is 19.0. The van der Waals surface area contributed by atoms with Crippen molar-refractivity contribution in [2.75, 3.05) is 6.61 Å². The van der Waals surface area contributed by atoms with Gasteiger partial charge in [-0.15, -0.1) is 0 Å². The summed E-state index contributed by atoms with van der Waals surface area (Å²) in [5.74, 6) is -5.55. The molecule has 0 aromatic heterocycles. The molecule has 33 heavy (non-hydrogen) atoms. The van der Waals surface area contributed by atoms with E-state index >= 15 is 0 Å². The molecular formula is C21H16CaO11. The Morgan fingerprint density at radius 1 is 0.909 bits per heavy atom. The third kappa shape index (κ3) is 3.94. The topological polar surface area (TPSA) is 208 Å². The molecule has 5 atom stereocenters. The molecule has 0 spiro atoms. The Morgan fingerprint density at radius 2 is 1.58 bits per heavy atom. The van der Waals surface area contributed by atoms with Crippen LogP contribution >= 0.6 is 0 Å². The van der Waals surface area contributed by atoms with Crippen molar-refractivity contribution in [1.29, 1.82) is 0 Å². The van der Waals surface area contributed by atoms with Gasteiger partial charge in [0.15, 0.2) is 11.6 Å². The van der Waals surface area contributed by atoms with Crippen molar-refractivity contribution in [1.82, 2.24) is 0 Å². The van der Waals surface area contributed by atoms with E-state index in [4.69, 9.17) is 4.74 Å². The summed E-state index contributed by atoms with van der Waals surface area (Å²) in [5.41, 5.74) is -3.07. The first-order chi connectivity index (χ1) is 15.1. The smallest absolute Gasteiger partial charge is 0.872 e. The summed E-state index contributed by atoms with van der Waals surface area (Å²) in [6.45, 7) is -0.750. The number of hydrogen-bond acceptors (Lipinski definition) is 10. The molecule has 2 aliphatic rings. The van der Waals surface area contributed by atoms with Gasteiger partial charge in [0.2, 0.25) is 0 Å². The molecule has 11 nitrogen and oxygen atoms in total. The van der Waals surface area contributed by atoms with E-state index < -0.39 is 94.0 Å². The molecule has 168 valence electrons. The molecule has 1 heterocycles. The normalized spacial score (nSPS) is 26.2. The van der Waals surface area contributed by atoms with E-state index in [9.17, 15) is 50.1 Å². The van der Waals surface area contributed by atoms with Gasteiger partial charge in [0, 0.05) is 22.3 Å². The third-order valence-electron chi connectivity index (χ3n) is 5.67. The monoisotopic (exact) mass is 484 g/mol. The Morgan fingerprint density at radius 3 is 2.18 bits per heavy atom. The van der Waals surface area contributed by atoms with Crippen LogP contribution in [-0.2, 0) is 4.74 Å². The number of hydrogen-bond donors (Lipinski definition) is 5. The number of carbonyl (C=O) groups is 3. The van der Waals surface area contributed by atoms with Crippen LogP contribution in [0.25, 0.3) is 0 Å². The second kappa shape index (κ2) is 9.28. The molecule has 1 aliphatic heterocycles. The summed E-state index contributed by atoms with van der Waals surface area (Å²) in [7, 11) is 0. The summed E-state index contributed by atoms with van der Waals surface area (Å²) < 4.78 is 5.45. The van der Waals surface area contributed by atoms with Gasteiger partial charge in [0.1, 0.15) is 30.5 Å². The molecule has 12 heteroatoms. The molecule has 1 aliphatic carbocycles. The summed E-state index contributed by atoms with van der Waals surface area (Å²) in [5, 5.41) is 74.0. The number of benzene rings is 2. The molecule has 5 N–H and O–H groups in total. The van der Waals surface area contributed by atoms with Crippen LogP contribution in [-0.4, -0.2) is 112 Å². The largest absolute Gasteiger partial charge is 2.00 e. The predicted molar refractivity (Wildman–Crippen MR) is 104 cm³/mol. The summed E-state index contributed by atoms with van der Waals surface area (Å²) >= 11 is 0. The number of rotatable bonds is 3. The number of aliphatic hydroxyl groups excluding tert-OH is 4. The zero-order chi connectivity index (χ0) is 23.5. The molecule has 0 radical (unpaired) electrons. The van der Waals surface area contributed by atoms with Gasteiger partial charge in [-0.05, 0) is 11.6 Å². The minimum atomic E-state index is -1.81. The van der Waals surface area contributed by atoms with Crippen molar-refractivity contribution < 1.29 is 54.9 Å². The fourth-order valence-electron chi connectivity index (χ4n) is 4.08. The Balaban J connectivity index is 0.00000306. The van der Waals surface area contributed by atoms with E-state index in [-0.39, 0.29) is 43.3 Å². The molecule has 0 amide bonds. The van der Waals surface area contributed by atoms with Gasteiger partial charge in [-0.3, -0.25) is 9.59 Å². The van der Waals surface area contributed by atoms with Crippen molar-refractivity contribution in [3.8, 4) is 11.5 Å². The second-order valence-electron chi connectivity index (χ2n) is 7.51. The number of aromatic carboxylic acids is 1. The van der Waals surface area contributed by atoms with E-state index in [1.807, 2.05) is 0 Å². The Kier molecular flexibility index (Phi) is 7.18. The van der Waals surface area contributed by atoms with Crippen molar-refractivity contribution in [3.63, 3.8) is 0 Å². The average molecular weight is 484 g/mol. The van der Waals surface area contributed by atoms with Gasteiger partial charge in [-0.2, -0.15) is 0 Å². The van der Waals surface area contributed by atoms with E-state index in [2.05, 4.69) is 0 Å². The van der Waals surface area contributed by atoms with E-state index in [0.717, 1.165) is 18.2 Å². The van der Waals surface area contributed by atoms with Crippen LogP contribution in [0.1, 0.15) is 53.9 Å². The molecule has 0 unspecified atom stereocenters. The molecule has 1 fully saturated rings. The number of fused-ring (bicyclic) bond motifs is 2. The van der Waals surface area contributed by atoms with Crippen LogP contribution in [0, 0.1) is 0 Å². The molecule has 0 saturated carbocycles. The maximum atomic E-state index is 13.3. The molecular weight excluding hydrogens is 468 g/mol. The summed E-state index contributed by atoms with van der Waals surface area (Å²) in [4.78, 5) is 37.6. The fraction of sp³-hybridized carbons (Fsp3) is 0.286.